The van der Waals surface area contributed by atoms with Gasteiger partial charge in [-0.2, -0.15) is 0 Å². The van der Waals surface area contributed by atoms with E-state index in [1.807, 2.05) is 6.08 Å². The molecule has 3 unspecified atom stereocenters. The molecule has 1 spiro atoms. The molecule has 2 aliphatic carbocycles. The van der Waals surface area contributed by atoms with Crippen LogP contribution in [-0.2, 0) is 15.9 Å². The zero-order valence-corrected chi connectivity index (χ0v) is 17.5. The molecule has 0 bridgehead atoms. The first kappa shape index (κ1) is 19.0. The summed E-state index contributed by atoms with van der Waals surface area (Å²) in [4.78, 5) is 0. The third-order valence-electron chi connectivity index (χ3n) is 7.47. The smallest absolute Gasteiger partial charge is 0.125 e. The molecular formula is C25H31NO3. The Morgan fingerprint density at radius 2 is 2.03 bits per heavy atom. The highest BCUT2D eigenvalue weighted by Gasteiger charge is 2.61. The molecule has 2 saturated heterocycles. The van der Waals surface area contributed by atoms with Crippen LogP contribution in [0, 0.1) is 11.3 Å². The van der Waals surface area contributed by atoms with Crippen LogP contribution in [0.1, 0.15) is 38.7 Å². The summed E-state index contributed by atoms with van der Waals surface area (Å²) in [7, 11) is 1.73. The second-order valence-electron chi connectivity index (χ2n) is 9.49. The number of rotatable bonds is 3. The van der Waals surface area contributed by atoms with Crippen molar-refractivity contribution in [1.82, 2.24) is 5.32 Å². The minimum absolute atomic E-state index is 0.0119. The number of methoxy groups -OCH3 is 1. The topological polar surface area (TPSA) is 50.7 Å². The van der Waals surface area contributed by atoms with Crippen molar-refractivity contribution < 1.29 is 14.6 Å². The number of nitrogens with one attached hydrogen (secondary N) is 1. The first-order chi connectivity index (χ1) is 13.9. The lowest BCUT2D eigenvalue weighted by atomic mass is 9.63. The zero-order valence-electron chi connectivity index (χ0n) is 17.5. The van der Waals surface area contributed by atoms with Crippen molar-refractivity contribution in [2.75, 3.05) is 7.11 Å². The summed E-state index contributed by atoms with van der Waals surface area (Å²) in [5, 5.41) is 14.3. The standard InChI is InChI=1S/C25H31NO3/c1-16-13-19(28-3)23-21-22(16)26-24(2,15-17-7-5-4-6-8-17)11-12-25(21)10-9-18(27)14-20(25)29-23/h4-10,13,18,20-21,23,26-27H,11-12,14-15H2,1-3H3/t18-,20+,21?,23?,24?,25-/m1/s1. The van der Waals surface area contributed by atoms with Crippen LogP contribution < -0.4 is 5.32 Å². The van der Waals surface area contributed by atoms with Gasteiger partial charge in [-0.05, 0) is 50.3 Å². The van der Waals surface area contributed by atoms with Crippen LogP contribution in [0.2, 0.25) is 0 Å². The predicted molar refractivity (Wildman–Crippen MR) is 113 cm³/mol. The van der Waals surface area contributed by atoms with Crippen LogP contribution in [0.4, 0.5) is 0 Å². The van der Waals surface area contributed by atoms with Gasteiger partial charge in [-0.25, -0.2) is 0 Å². The highest BCUT2D eigenvalue weighted by molar-refractivity contribution is 5.42. The van der Waals surface area contributed by atoms with Crippen LogP contribution in [0.25, 0.3) is 0 Å². The molecule has 0 radical (unpaired) electrons. The molecule has 0 amide bonds. The summed E-state index contributed by atoms with van der Waals surface area (Å²) in [6.07, 6.45) is 9.58. The molecule has 2 fully saturated rings. The number of hydrogen-bond donors (Lipinski definition) is 2. The lowest BCUT2D eigenvalue weighted by molar-refractivity contribution is -0.0160. The molecule has 0 saturated carbocycles. The molecule has 2 heterocycles. The summed E-state index contributed by atoms with van der Waals surface area (Å²) in [6.45, 7) is 4.52. The average Bonchev–Trinajstić information content (AvgIpc) is 2.97. The molecule has 0 aromatic heterocycles. The van der Waals surface area contributed by atoms with Crippen molar-refractivity contribution in [1.29, 1.82) is 0 Å². The molecule has 29 heavy (non-hydrogen) atoms. The van der Waals surface area contributed by atoms with E-state index in [1.165, 1.54) is 16.8 Å². The molecular weight excluding hydrogens is 362 g/mol. The van der Waals surface area contributed by atoms with Gasteiger partial charge in [0.05, 0.1) is 19.3 Å². The van der Waals surface area contributed by atoms with Crippen molar-refractivity contribution in [3.63, 3.8) is 0 Å². The van der Waals surface area contributed by atoms with E-state index in [2.05, 4.69) is 61.6 Å². The van der Waals surface area contributed by atoms with Gasteiger partial charge in [-0.15, -0.1) is 0 Å². The molecule has 1 aromatic rings. The van der Waals surface area contributed by atoms with Gasteiger partial charge in [0.1, 0.15) is 11.9 Å². The summed E-state index contributed by atoms with van der Waals surface area (Å²) in [5.41, 5.74) is 3.74. The second kappa shape index (κ2) is 6.75. The lowest BCUT2D eigenvalue weighted by Crippen LogP contribution is -2.46. The maximum atomic E-state index is 10.3. The van der Waals surface area contributed by atoms with Gasteiger partial charge < -0.3 is 19.9 Å². The molecule has 2 aliphatic heterocycles. The molecule has 1 aromatic carbocycles. The van der Waals surface area contributed by atoms with Crippen LogP contribution in [-0.4, -0.2) is 36.1 Å². The molecule has 4 nitrogen and oxygen atoms in total. The average molecular weight is 394 g/mol. The Morgan fingerprint density at radius 1 is 1.24 bits per heavy atom. The van der Waals surface area contributed by atoms with Crippen molar-refractivity contribution in [2.45, 2.75) is 63.4 Å². The van der Waals surface area contributed by atoms with Crippen molar-refractivity contribution in [3.05, 3.63) is 71.2 Å². The highest BCUT2D eigenvalue weighted by Crippen LogP contribution is 2.59. The SMILES string of the molecule is COC1=CC(C)=C2NC(C)(Cc3ccccc3)CC[C@]34C=C[C@@H](O)C[C@@H]3OC1C24. The van der Waals surface area contributed by atoms with E-state index < -0.39 is 6.10 Å². The van der Waals surface area contributed by atoms with E-state index in [9.17, 15) is 5.11 Å². The van der Waals surface area contributed by atoms with Crippen molar-refractivity contribution >= 4 is 0 Å². The summed E-state index contributed by atoms with van der Waals surface area (Å²) < 4.78 is 12.3. The Morgan fingerprint density at radius 3 is 2.79 bits per heavy atom. The number of aliphatic hydroxyl groups excluding tert-OH is 1. The number of ether oxygens (including phenoxy) is 2. The first-order valence-corrected chi connectivity index (χ1v) is 10.8. The molecule has 5 rings (SSSR count). The molecule has 6 atom stereocenters. The van der Waals surface area contributed by atoms with Gasteiger partial charge in [-0.1, -0.05) is 42.5 Å². The van der Waals surface area contributed by atoms with E-state index in [-0.39, 0.29) is 29.1 Å². The largest absolute Gasteiger partial charge is 0.498 e. The fourth-order valence-corrected chi connectivity index (χ4v) is 6.02. The first-order valence-electron chi connectivity index (χ1n) is 10.8. The van der Waals surface area contributed by atoms with Gasteiger partial charge in [0.2, 0.25) is 0 Å². The van der Waals surface area contributed by atoms with E-state index in [1.54, 1.807) is 7.11 Å². The predicted octanol–water partition coefficient (Wildman–Crippen LogP) is 3.88. The Bertz CT molecular complexity index is 889. The third kappa shape index (κ3) is 2.96. The van der Waals surface area contributed by atoms with Gasteiger partial charge >= 0.3 is 0 Å². The van der Waals surface area contributed by atoms with Crippen molar-refractivity contribution in [2.24, 2.45) is 11.3 Å². The number of benzene rings is 1. The number of aliphatic hydroxyl groups is 1. The highest BCUT2D eigenvalue weighted by atomic mass is 16.5. The van der Waals surface area contributed by atoms with Gasteiger partial charge in [-0.3, -0.25) is 0 Å². The number of allylic oxidation sites excluding steroid dienone is 2. The normalized spacial score (nSPS) is 40.5. The lowest BCUT2D eigenvalue weighted by Gasteiger charge is -2.40. The Labute approximate surface area is 173 Å². The third-order valence-corrected chi connectivity index (χ3v) is 7.47. The number of hydrogen-bond acceptors (Lipinski definition) is 4. The molecule has 4 heteroatoms. The summed E-state index contributed by atoms with van der Waals surface area (Å²) >= 11 is 0. The Balaban J connectivity index is 1.59. The Kier molecular flexibility index (Phi) is 4.41. The van der Waals surface area contributed by atoms with E-state index >= 15 is 0 Å². The minimum atomic E-state index is -0.429. The van der Waals surface area contributed by atoms with Gasteiger partial charge in [0, 0.05) is 29.0 Å². The van der Waals surface area contributed by atoms with Crippen LogP contribution in [0.3, 0.4) is 0 Å². The van der Waals surface area contributed by atoms with E-state index in [0.717, 1.165) is 25.0 Å². The minimum Gasteiger partial charge on any atom is -0.498 e. The van der Waals surface area contributed by atoms with Crippen LogP contribution >= 0.6 is 0 Å². The fraction of sp³-hybridized carbons (Fsp3) is 0.520. The van der Waals surface area contributed by atoms with E-state index in [0.29, 0.717) is 6.42 Å². The van der Waals surface area contributed by atoms with Gasteiger partial charge in [0.15, 0.2) is 0 Å². The second-order valence-corrected chi connectivity index (χ2v) is 9.49. The summed E-state index contributed by atoms with van der Waals surface area (Å²) in [5.74, 6) is 1.11. The molecule has 4 aliphatic rings. The van der Waals surface area contributed by atoms with Crippen molar-refractivity contribution in [3.8, 4) is 0 Å². The maximum absolute atomic E-state index is 10.3. The quantitative estimate of drug-likeness (QED) is 0.766. The molecule has 2 N–H and O–H groups in total. The maximum Gasteiger partial charge on any atom is 0.125 e. The van der Waals surface area contributed by atoms with Gasteiger partial charge in [0.25, 0.3) is 0 Å². The molecule has 154 valence electrons. The van der Waals surface area contributed by atoms with E-state index in [4.69, 9.17) is 9.47 Å². The fourth-order valence-electron chi connectivity index (χ4n) is 6.02. The summed E-state index contributed by atoms with van der Waals surface area (Å²) in [6, 6.07) is 10.7. The monoisotopic (exact) mass is 393 g/mol. The Hall–Kier alpha value is -2.04. The zero-order chi connectivity index (χ0) is 20.2. The van der Waals surface area contributed by atoms with Crippen LogP contribution in [0.15, 0.2) is 65.6 Å². The van der Waals surface area contributed by atoms with Crippen LogP contribution in [0.5, 0.6) is 0 Å².